The van der Waals surface area contributed by atoms with Crippen LogP contribution in [0.15, 0.2) is 91.0 Å². The number of alkyl halides is 3. The van der Waals surface area contributed by atoms with E-state index in [1.165, 1.54) is 48.5 Å². The number of hydrogen-bond acceptors (Lipinski definition) is 9. The molecule has 0 bridgehead atoms. The van der Waals surface area contributed by atoms with Gasteiger partial charge in [-0.15, -0.1) is 0 Å². The average molecular weight is 734 g/mol. The normalized spacial score (nSPS) is 11.3. The molecule has 0 aromatic heterocycles. The zero-order chi connectivity index (χ0) is 38.8. The number of esters is 4. The number of rotatable bonds is 14. The summed E-state index contributed by atoms with van der Waals surface area (Å²) in [5.41, 5.74) is -0.718. The van der Waals surface area contributed by atoms with E-state index < -0.39 is 60.0 Å². The van der Waals surface area contributed by atoms with Crippen molar-refractivity contribution >= 4 is 35.5 Å². The van der Waals surface area contributed by atoms with Crippen LogP contribution in [0.4, 0.5) is 18.9 Å². The average Bonchev–Trinajstić information content (AvgIpc) is 3.13. The minimum absolute atomic E-state index is 0.0149. The fraction of sp³-hybridized carbons (Fsp3) is 0.275. The fourth-order valence-electron chi connectivity index (χ4n) is 5.34. The number of benzene rings is 4. The van der Waals surface area contributed by atoms with E-state index in [2.05, 4.69) is 5.32 Å². The highest BCUT2D eigenvalue weighted by Crippen LogP contribution is 2.34. The van der Waals surface area contributed by atoms with E-state index in [0.29, 0.717) is 16.7 Å². The van der Waals surface area contributed by atoms with Crippen LogP contribution in [0, 0.1) is 6.92 Å². The molecule has 0 spiro atoms. The molecule has 1 amide bonds. The van der Waals surface area contributed by atoms with Crippen molar-refractivity contribution in [2.75, 3.05) is 25.1 Å². The predicted molar refractivity (Wildman–Crippen MR) is 188 cm³/mol. The van der Waals surface area contributed by atoms with Crippen molar-refractivity contribution in [3.63, 3.8) is 0 Å². The minimum atomic E-state index is -4.53. The Balaban J connectivity index is 1.60. The van der Waals surface area contributed by atoms with Gasteiger partial charge >= 0.3 is 30.1 Å². The number of halogens is 3. The number of anilines is 1. The Bertz CT molecular complexity index is 1940. The Morgan fingerprint density at radius 2 is 1.34 bits per heavy atom. The highest BCUT2D eigenvalue weighted by Gasteiger charge is 2.52. The Hall–Kier alpha value is -5.98. The molecule has 0 unspecified atom stereocenters. The van der Waals surface area contributed by atoms with Crippen molar-refractivity contribution in [1.82, 2.24) is 0 Å². The Morgan fingerprint density at radius 1 is 0.698 bits per heavy atom. The largest absolute Gasteiger partial charge is 0.465 e. The maximum Gasteiger partial charge on any atom is 0.416 e. The second-order valence-corrected chi connectivity index (χ2v) is 11.8. The summed E-state index contributed by atoms with van der Waals surface area (Å²) in [6.45, 7) is 5.65. The third-order valence-corrected chi connectivity index (χ3v) is 8.06. The number of carbonyl (C=O) groups excluding carboxylic acids is 5. The Kier molecular flexibility index (Phi) is 13.1. The van der Waals surface area contributed by atoms with Crippen molar-refractivity contribution in [2.45, 2.75) is 52.1 Å². The quantitative estimate of drug-likeness (QED) is 0.0609. The lowest BCUT2D eigenvalue weighted by Crippen LogP contribution is -2.50. The van der Waals surface area contributed by atoms with Gasteiger partial charge in [-0.25, -0.2) is 0 Å². The first-order valence-corrected chi connectivity index (χ1v) is 16.7. The SMILES string of the molecule is CCOC(=O)C(COC(=O)Cc1ccc(NC(=O)c2ccc(C)cc2-c2ccc(C(F)(F)F)cc2)c(OC(=O)CC)c1)(C(=O)OCC)c1ccccc1. The molecule has 0 fully saturated rings. The standard InChI is InChI=1S/C40H38F3NO9/c1-5-34(45)53-33-22-26(23-35(46)52-24-39(37(48)50-6-2,38(49)51-7-3)28-11-9-8-10-12-28)14-20-32(33)44-36(47)30-19-13-25(4)21-31(30)27-15-17-29(18-16-27)40(41,42)43/h8-22H,5-7,23-24H2,1-4H3,(H,44,47). The molecular weight excluding hydrogens is 695 g/mol. The lowest BCUT2D eigenvalue weighted by atomic mass is 9.81. The molecule has 4 aromatic carbocycles. The van der Waals surface area contributed by atoms with E-state index in [-0.39, 0.29) is 42.2 Å². The van der Waals surface area contributed by atoms with Crippen molar-refractivity contribution in [1.29, 1.82) is 0 Å². The number of ether oxygens (including phenoxy) is 4. The van der Waals surface area contributed by atoms with E-state index in [1.54, 1.807) is 58.0 Å². The summed E-state index contributed by atoms with van der Waals surface area (Å²) in [5.74, 6) is -4.13. The van der Waals surface area contributed by atoms with E-state index >= 15 is 0 Å². The fourth-order valence-corrected chi connectivity index (χ4v) is 5.34. The van der Waals surface area contributed by atoms with E-state index in [0.717, 1.165) is 17.7 Å². The predicted octanol–water partition coefficient (Wildman–Crippen LogP) is 7.40. The van der Waals surface area contributed by atoms with Gasteiger partial charge in [0.1, 0.15) is 6.61 Å². The number of hydrogen-bond donors (Lipinski definition) is 1. The zero-order valence-electron chi connectivity index (χ0n) is 29.5. The molecule has 13 heteroatoms. The third kappa shape index (κ3) is 9.67. The summed E-state index contributed by atoms with van der Waals surface area (Å²) in [4.78, 5) is 65.8. The lowest BCUT2D eigenvalue weighted by Gasteiger charge is -2.29. The number of amides is 1. The van der Waals surface area contributed by atoms with Crippen LogP contribution in [0.1, 0.15) is 59.8 Å². The van der Waals surface area contributed by atoms with Gasteiger partial charge in [0.05, 0.1) is 30.9 Å². The van der Waals surface area contributed by atoms with Crippen molar-refractivity contribution in [3.8, 4) is 16.9 Å². The maximum atomic E-state index is 13.6. The molecule has 0 radical (unpaired) electrons. The van der Waals surface area contributed by atoms with Gasteiger partial charge in [0.15, 0.2) is 5.75 Å². The van der Waals surface area contributed by atoms with Crippen molar-refractivity contribution < 1.29 is 56.1 Å². The molecule has 0 aliphatic heterocycles. The lowest BCUT2D eigenvalue weighted by molar-refractivity contribution is -0.170. The summed E-state index contributed by atoms with van der Waals surface area (Å²) in [7, 11) is 0. The molecule has 0 heterocycles. The van der Waals surface area contributed by atoms with Crippen LogP contribution in [0.25, 0.3) is 11.1 Å². The Labute approximate surface area is 304 Å². The van der Waals surface area contributed by atoms with Gasteiger partial charge in [-0.1, -0.05) is 73.2 Å². The van der Waals surface area contributed by atoms with Gasteiger partial charge in [0, 0.05) is 12.0 Å². The summed E-state index contributed by atoms with van der Waals surface area (Å²) in [6, 6.07) is 21.5. The van der Waals surface area contributed by atoms with Gasteiger partial charge in [0.2, 0.25) is 5.41 Å². The molecule has 4 aromatic rings. The third-order valence-electron chi connectivity index (χ3n) is 8.06. The maximum absolute atomic E-state index is 13.6. The second kappa shape index (κ2) is 17.5. The van der Waals surface area contributed by atoms with E-state index in [9.17, 15) is 37.1 Å². The first kappa shape index (κ1) is 39.8. The summed E-state index contributed by atoms with van der Waals surface area (Å²) < 4.78 is 61.0. The molecule has 4 rings (SSSR count). The molecule has 1 N–H and O–H groups in total. The molecule has 0 saturated heterocycles. The van der Waals surface area contributed by atoms with Crippen LogP contribution in [-0.4, -0.2) is 49.6 Å². The van der Waals surface area contributed by atoms with E-state index in [4.69, 9.17) is 18.9 Å². The zero-order valence-corrected chi connectivity index (χ0v) is 29.5. The number of carbonyl (C=O) groups is 5. The molecule has 0 aliphatic carbocycles. The van der Waals surface area contributed by atoms with Crippen molar-refractivity contribution in [2.24, 2.45) is 0 Å². The highest BCUT2D eigenvalue weighted by atomic mass is 19.4. The Morgan fingerprint density at radius 3 is 1.92 bits per heavy atom. The van der Waals surface area contributed by atoms with Crippen LogP contribution in [-0.2, 0) is 51.4 Å². The smallest absolute Gasteiger partial charge is 0.416 e. The first-order valence-electron chi connectivity index (χ1n) is 16.7. The number of nitrogens with one attached hydrogen (secondary N) is 1. The van der Waals surface area contributed by atoms with Crippen LogP contribution in [0.2, 0.25) is 0 Å². The molecule has 278 valence electrons. The van der Waals surface area contributed by atoms with Crippen LogP contribution >= 0.6 is 0 Å². The molecule has 53 heavy (non-hydrogen) atoms. The second-order valence-electron chi connectivity index (χ2n) is 11.8. The molecule has 0 atom stereocenters. The van der Waals surface area contributed by atoms with Crippen LogP contribution in [0.5, 0.6) is 5.75 Å². The monoisotopic (exact) mass is 733 g/mol. The minimum Gasteiger partial charge on any atom is -0.465 e. The highest BCUT2D eigenvalue weighted by molar-refractivity contribution is 6.09. The van der Waals surface area contributed by atoms with Gasteiger partial charge < -0.3 is 24.3 Å². The van der Waals surface area contributed by atoms with Crippen LogP contribution in [0.3, 0.4) is 0 Å². The first-order chi connectivity index (χ1) is 25.2. The summed E-state index contributed by atoms with van der Waals surface area (Å²) in [6.07, 6.45) is -4.94. The van der Waals surface area contributed by atoms with Gasteiger partial charge in [-0.3, -0.25) is 24.0 Å². The van der Waals surface area contributed by atoms with E-state index in [1.807, 2.05) is 0 Å². The molecule has 0 saturated carbocycles. The van der Waals surface area contributed by atoms with Gasteiger partial charge in [0.25, 0.3) is 5.91 Å². The summed E-state index contributed by atoms with van der Waals surface area (Å²) >= 11 is 0. The van der Waals surface area contributed by atoms with Crippen LogP contribution < -0.4 is 10.1 Å². The molecule has 0 aliphatic rings. The van der Waals surface area contributed by atoms with Crippen molar-refractivity contribution in [3.05, 3.63) is 119 Å². The summed E-state index contributed by atoms with van der Waals surface area (Å²) in [5, 5.41) is 2.70. The molecule has 10 nitrogen and oxygen atoms in total. The van der Waals surface area contributed by atoms with Gasteiger partial charge in [-0.2, -0.15) is 13.2 Å². The van der Waals surface area contributed by atoms with Gasteiger partial charge in [-0.05, 0) is 73.4 Å². The topological polar surface area (TPSA) is 134 Å². The molecular formula is C40H38F3NO9. The number of aryl methyl sites for hydroxylation is 1.